The Balaban J connectivity index is 2.02. The molecule has 0 aliphatic carbocycles. The van der Waals surface area contributed by atoms with Crippen molar-refractivity contribution in [2.45, 2.75) is 104 Å². The molecule has 5 nitrogen and oxygen atoms in total. The van der Waals surface area contributed by atoms with Crippen LogP contribution in [0.4, 0.5) is 0 Å². The summed E-state index contributed by atoms with van der Waals surface area (Å²) in [7, 11) is 0. The predicted octanol–water partition coefficient (Wildman–Crippen LogP) is 6.40. The lowest BCUT2D eigenvalue weighted by molar-refractivity contribution is -0.145. The van der Waals surface area contributed by atoms with Crippen LogP contribution in [0.2, 0.25) is 0 Å². The molecule has 2 rings (SSSR count). The fraction of sp³-hybridized carbons (Fsp3) is 0.643. The molecule has 1 N–H and O–H groups in total. The first-order valence-electron chi connectivity index (χ1n) is 12.1. The molecule has 0 fully saturated rings. The molecule has 0 amide bonds. The highest BCUT2D eigenvalue weighted by Crippen LogP contribution is 2.40. The fourth-order valence-electron chi connectivity index (χ4n) is 3.82. The van der Waals surface area contributed by atoms with E-state index in [2.05, 4.69) is 60.0 Å². The van der Waals surface area contributed by atoms with Crippen molar-refractivity contribution < 1.29 is 19.4 Å². The number of hydrogen-bond acceptors (Lipinski definition) is 5. The molecule has 33 heavy (non-hydrogen) atoms. The molecule has 0 bridgehead atoms. The molecule has 0 saturated carbocycles. The summed E-state index contributed by atoms with van der Waals surface area (Å²) in [5.74, 6) is 0.688. The topological polar surface area (TPSA) is 68.1 Å². The summed E-state index contributed by atoms with van der Waals surface area (Å²) in [6.07, 6.45) is 3.84. The second kappa shape index (κ2) is 10.3. The van der Waals surface area contributed by atoms with E-state index in [-0.39, 0.29) is 29.8 Å². The summed E-state index contributed by atoms with van der Waals surface area (Å²) in [6.45, 7) is 21.2. The smallest absolute Gasteiger partial charge is 0.306 e. The maximum atomic E-state index is 12.5. The van der Waals surface area contributed by atoms with Crippen LogP contribution in [-0.2, 0) is 31.5 Å². The van der Waals surface area contributed by atoms with Crippen molar-refractivity contribution in [3.63, 3.8) is 0 Å². The highest BCUT2D eigenvalue weighted by atomic mass is 16.5. The molecule has 184 valence electrons. The van der Waals surface area contributed by atoms with E-state index in [1.165, 1.54) is 0 Å². The van der Waals surface area contributed by atoms with Crippen molar-refractivity contribution in [3.8, 4) is 5.75 Å². The number of ether oxygens (including phenoxy) is 2. The molecular weight excluding hydrogens is 414 g/mol. The molecule has 1 aliphatic rings. The van der Waals surface area contributed by atoms with Crippen molar-refractivity contribution >= 4 is 11.9 Å². The van der Waals surface area contributed by atoms with Crippen LogP contribution in [0.25, 0.3) is 0 Å². The van der Waals surface area contributed by atoms with Crippen LogP contribution in [0.5, 0.6) is 5.75 Å². The van der Waals surface area contributed by atoms with Crippen molar-refractivity contribution in [2.75, 3.05) is 13.2 Å². The number of hydrogen-bond donors (Lipinski definition) is 1. The lowest BCUT2D eigenvalue weighted by Crippen LogP contribution is -2.31. The number of unbranched alkanes of at least 4 members (excludes halogenated alkanes) is 1. The number of aliphatic imine (C=N–C) groups is 1. The third-order valence-electron chi connectivity index (χ3n) is 5.97. The van der Waals surface area contributed by atoms with Gasteiger partial charge in [-0.2, -0.15) is 0 Å². The van der Waals surface area contributed by atoms with Gasteiger partial charge in [-0.1, -0.05) is 73.6 Å². The summed E-state index contributed by atoms with van der Waals surface area (Å²) in [5, 5.41) is 10.9. The van der Waals surface area contributed by atoms with Gasteiger partial charge in [0.05, 0.1) is 0 Å². The van der Waals surface area contributed by atoms with Crippen LogP contribution in [0.1, 0.15) is 97.8 Å². The van der Waals surface area contributed by atoms with E-state index in [9.17, 15) is 9.90 Å². The van der Waals surface area contributed by atoms with E-state index in [1.54, 1.807) is 0 Å². The van der Waals surface area contributed by atoms with E-state index in [1.807, 2.05) is 19.1 Å². The molecule has 1 aliphatic heterocycles. The Labute approximate surface area is 200 Å². The summed E-state index contributed by atoms with van der Waals surface area (Å²) in [5.41, 5.74) is 2.77. The quantitative estimate of drug-likeness (QED) is 0.436. The molecule has 0 saturated heterocycles. The zero-order chi connectivity index (χ0) is 25.0. The van der Waals surface area contributed by atoms with Crippen molar-refractivity contribution in [1.29, 1.82) is 0 Å². The van der Waals surface area contributed by atoms with Gasteiger partial charge in [0.1, 0.15) is 24.5 Å². The average molecular weight is 458 g/mol. The van der Waals surface area contributed by atoms with Gasteiger partial charge in [-0.25, -0.2) is 4.99 Å². The van der Waals surface area contributed by atoms with E-state index >= 15 is 0 Å². The van der Waals surface area contributed by atoms with Crippen LogP contribution < -0.4 is 0 Å². The van der Waals surface area contributed by atoms with E-state index in [0.717, 1.165) is 41.5 Å². The van der Waals surface area contributed by atoms with Gasteiger partial charge in [0.25, 0.3) is 0 Å². The average Bonchev–Trinajstić information content (AvgIpc) is 3.10. The minimum Gasteiger partial charge on any atom is -0.507 e. The number of benzene rings is 1. The predicted molar refractivity (Wildman–Crippen MR) is 135 cm³/mol. The second-order valence-corrected chi connectivity index (χ2v) is 11.6. The van der Waals surface area contributed by atoms with Gasteiger partial charge >= 0.3 is 5.97 Å². The van der Waals surface area contributed by atoms with Crippen molar-refractivity contribution in [3.05, 3.63) is 41.0 Å². The van der Waals surface area contributed by atoms with Gasteiger partial charge < -0.3 is 14.6 Å². The first-order valence-corrected chi connectivity index (χ1v) is 12.1. The standard InChI is InChI=1S/C28H43NO4/c1-10-11-12-19(2)25-29-28(9,18-33-25)17-32-23(30)14-13-20-15-21(26(3,4)5)24(31)22(16-20)27(6,7)8/h15-16,31H,2,10-14,17-18H2,1,3-9H3. The van der Waals surface area contributed by atoms with Gasteiger partial charge in [-0.3, -0.25) is 4.79 Å². The molecule has 0 radical (unpaired) electrons. The summed E-state index contributed by atoms with van der Waals surface area (Å²) in [6, 6.07) is 4.03. The molecular formula is C28H43NO4. The Morgan fingerprint density at radius 3 is 2.24 bits per heavy atom. The van der Waals surface area contributed by atoms with E-state index in [0.29, 0.717) is 24.7 Å². The Bertz CT molecular complexity index is 866. The second-order valence-electron chi connectivity index (χ2n) is 11.6. The van der Waals surface area contributed by atoms with Crippen molar-refractivity contribution in [1.82, 2.24) is 0 Å². The first kappa shape index (κ1) is 26.9. The Hall–Kier alpha value is -2.30. The number of carbonyl (C=O) groups is 1. The lowest BCUT2D eigenvalue weighted by atomic mass is 9.78. The monoisotopic (exact) mass is 457 g/mol. The Morgan fingerprint density at radius 1 is 1.15 bits per heavy atom. The number of nitrogens with zero attached hydrogens (tertiary/aromatic N) is 1. The van der Waals surface area contributed by atoms with Gasteiger partial charge in [0.2, 0.25) is 5.90 Å². The zero-order valence-corrected chi connectivity index (χ0v) is 21.9. The zero-order valence-electron chi connectivity index (χ0n) is 21.9. The highest BCUT2D eigenvalue weighted by Gasteiger charge is 2.34. The third-order valence-corrected chi connectivity index (χ3v) is 5.97. The molecule has 5 heteroatoms. The minimum absolute atomic E-state index is 0.187. The van der Waals surface area contributed by atoms with Gasteiger partial charge in [-0.15, -0.1) is 0 Å². The third kappa shape index (κ3) is 7.35. The number of phenols is 1. The molecule has 0 spiro atoms. The van der Waals surface area contributed by atoms with Gasteiger partial charge in [0.15, 0.2) is 0 Å². The lowest BCUT2D eigenvalue weighted by Gasteiger charge is -2.28. The molecule has 1 aromatic rings. The van der Waals surface area contributed by atoms with Crippen LogP contribution in [0.15, 0.2) is 29.3 Å². The maximum absolute atomic E-state index is 12.5. The number of aryl methyl sites for hydroxylation is 1. The van der Waals surface area contributed by atoms with E-state index in [4.69, 9.17) is 9.47 Å². The summed E-state index contributed by atoms with van der Waals surface area (Å²) < 4.78 is 11.3. The Morgan fingerprint density at radius 2 is 1.73 bits per heavy atom. The first-order chi connectivity index (χ1) is 15.2. The SMILES string of the molecule is C=C(CCCC)C1=NC(C)(COC(=O)CCc2cc(C(C)(C)C)c(O)c(C(C)(C)C)c2)CO1. The van der Waals surface area contributed by atoms with Crippen LogP contribution >= 0.6 is 0 Å². The number of esters is 1. The summed E-state index contributed by atoms with van der Waals surface area (Å²) in [4.78, 5) is 17.2. The fourth-order valence-corrected chi connectivity index (χ4v) is 3.82. The number of rotatable bonds is 9. The number of carbonyl (C=O) groups excluding carboxylic acids is 1. The number of aromatic hydroxyl groups is 1. The maximum Gasteiger partial charge on any atom is 0.306 e. The molecule has 1 heterocycles. The van der Waals surface area contributed by atoms with Gasteiger partial charge in [0, 0.05) is 12.0 Å². The molecule has 1 atom stereocenters. The molecule has 0 aromatic heterocycles. The van der Waals surface area contributed by atoms with Crippen molar-refractivity contribution in [2.24, 2.45) is 4.99 Å². The Kier molecular flexibility index (Phi) is 8.42. The summed E-state index contributed by atoms with van der Waals surface area (Å²) >= 11 is 0. The van der Waals surface area contributed by atoms with E-state index < -0.39 is 5.54 Å². The molecule has 1 unspecified atom stereocenters. The number of phenolic OH excluding ortho intramolecular Hbond substituents is 1. The van der Waals surface area contributed by atoms with Crippen LogP contribution in [0.3, 0.4) is 0 Å². The normalized spacial score (nSPS) is 18.6. The largest absolute Gasteiger partial charge is 0.507 e. The highest BCUT2D eigenvalue weighted by molar-refractivity contribution is 5.94. The van der Waals surface area contributed by atoms with Crippen LogP contribution in [-0.4, -0.2) is 35.7 Å². The molecule has 1 aromatic carbocycles. The van der Waals surface area contributed by atoms with Crippen LogP contribution in [0, 0.1) is 0 Å². The minimum atomic E-state index is -0.572. The van der Waals surface area contributed by atoms with Gasteiger partial charge in [-0.05, 0) is 53.7 Å².